The van der Waals surface area contributed by atoms with Crippen LogP contribution in [0.2, 0.25) is 0 Å². The van der Waals surface area contributed by atoms with Gasteiger partial charge >= 0.3 is 0 Å². The normalized spacial score (nSPS) is 10.2. The molecule has 2 aromatic carbocycles. The van der Waals surface area contributed by atoms with Gasteiger partial charge in [-0.3, -0.25) is 0 Å². The van der Waals surface area contributed by atoms with E-state index in [2.05, 4.69) is 0 Å². The lowest BCUT2D eigenvalue weighted by molar-refractivity contribution is 0.473. The molecule has 0 amide bonds. The van der Waals surface area contributed by atoms with Gasteiger partial charge in [0.25, 0.3) is 0 Å². The third kappa shape index (κ3) is 3.12. The van der Waals surface area contributed by atoms with Crippen LogP contribution in [0.25, 0.3) is 0 Å². The maximum atomic E-state index is 9.29. The molecule has 0 atom stereocenters. The highest BCUT2D eigenvalue weighted by molar-refractivity contribution is 8.76. The second-order valence-electron chi connectivity index (χ2n) is 3.16. The van der Waals surface area contributed by atoms with Crippen LogP contribution in [0.1, 0.15) is 0 Å². The molecule has 16 heavy (non-hydrogen) atoms. The minimum Gasteiger partial charge on any atom is -0.508 e. The van der Waals surface area contributed by atoms with Gasteiger partial charge in [-0.25, -0.2) is 0 Å². The Morgan fingerprint density at radius 2 is 1.12 bits per heavy atom. The second kappa shape index (κ2) is 5.18. The first kappa shape index (κ1) is 11.2. The lowest BCUT2D eigenvalue weighted by atomic mass is 10.3. The Morgan fingerprint density at radius 1 is 0.688 bits per heavy atom. The summed E-state index contributed by atoms with van der Waals surface area (Å²) in [4.78, 5) is 1.96. The van der Waals surface area contributed by atoms with Gasteiger partial charge in [-0.15, -0.1) is 0 Å². The highest BCUT2D eigenvalue weighted by Crippen LogP contribution is 2.38. The van der Waals surface area contributed by atoms with Crippen LogP contribution in [0.3, 0.4) is 0 Å². The van der Waals surface area contributed by atoms with Crippen molar-refractivity contribution in [2.75, 3.05) is 0 Å². The minimum absolute atomic E-state index is 0.265. The molecule has 4 heteroatoms. The highest BCUT2D eigenvalue weighted by atomic mass is 33.1. The molecule has 0 fully saturated rings. The van der Waals surface area contributed by atoms with Crippen molar-refractivity contribution in [3.8, 4) is 11.5 Å². The van der Waals surface area contributed by atoms with Crippen molar-refractivity contribution < 1.29 is 10.2 Å². The van der Waals surface area contributed by atoms with E-state index >= 15 is 0 Å². The van der Waals surface area contributed by atoms with Crippen LogP contribution in [-0.4, -0.2) is 10.2 Å². The maximum absolute atomic E-state index is 9.29. The van der Waals surface area contributed by atoms with Crippen molar-refractivity contribution in [3.05, 3.63) is 48.5 Å². The smallest absolute Gasteiger partial charge is 0.116 e. The number of phenolic OH excluding ortho intramolecular Hbond substituents is 2. The van der Waals surface area contributed by atoms with E-state index in [9.17, 15) is 10.2 Å². The fourth-order valence-corrected chi connectivity index (χ4v) is 3.16. The van der Waals surface area contributed by atoms with Crippen molar-refractivity contribution in [1.82, 2.24) is 0 Å². The lowest BCUT2D eigenvalue weighted by Gasteiger charge is -2.02. The van der Waals surface area contributed by atoms with E-state index in [4.69, 9.17) is 0 Å². The Hall–Kier alpha value is -1.26. The molecule has 0 aliphatic rings. The van der Waals surface area contributed by atoms with E-state index in [1.165, 1.54) is 0 Å². The Kier molecular flexibility index (Phi) is 3.64. The molecule has 0 aromatic heterocycles. The molecule has 2 N–H and O–H groups in total. The van der Waals surface area contributed by atoms with Gasteiger partial charge in [0.1, 0.15) is 11.5 Å². The summed E-state index contributed by atoms with van der Waals surface area (Å²) in [5.41, 5.74) is 0. The Morgan fingerprint density at radius 3 is 1.50 bits per heavy atom. The van der Waals surface area contributed by atoms with Crippen LogP contribution in [0.4, 0.5) is 0 Å². The van der Waals surface area contributed by atoms with Gasteiger partial charge in [0.2, 0.25) is 0 Å². The number of phenols is 2. The summed E-state index contributed by atoms with van der Waals surface area (Å²) in [6, 6.07) is 14.2. The van der Waals surface area contributed by atoms with E-state index in [0.717, 1.165) is 9.79 Å². The molecule has 0 heterocycles. The molecule has 0 saturated carbocycles. The molecule has 82 valence electrons. The molecule has 0 radical (unpaired) electrons. The van der Waals surface area contributed by atoms with E-state index in [0.29, 0.717) is 0 Å². The topological polar surface area (TPSA) is 40.5 Å². The number of rotatable bonds is 3. The summed E-state index contributed by atoms with van der Waals surface area (Å²) < 4.78 is 0. The molecule has 0 spiro atoms. The summed E-state index contributed by atoms with van der Waals surface area (Å²) in [5.74, 6) is 0.531. The number of hydrogen-bond donors (Lipinski definition) is 2. The van der Waals surface area contributed by atoms with Crippen molar-refractivity contribution >= 4 is 21.6 Å². The molecule has 2 nitrogen and oxygen atoms in total. The van der Waals surface area contributed by atoms with Crippen LogP contribution in [0, 0.1) is 0 Å². The van der Waals surface area contributed by atoms with Crippen LogP contribution in [0.15, 0.2) is 58.3 Å². The second-order valence-corrected chi connectivity index (χ2v) is 5.44. The van der Waals surface area contributed by atoms with Crippen molar-refractivity contribution in [3.63, 3.8) is 0 Å². The summed E-state index contributed by atoms with van der Waals surface area (Å²) in [5, 5.41) is 18.6. The predicted octanol–water partition coefficient (Wildman–Crippen LogP) is 3.90. The third-order valence-electron chi connectivity index (χ3n) is 1.87. The molecule has 0 aliphatic heterocycles. The monoisotopic (exact) mass is 250 g/mol. The van der Waals surface area contributed by atoms with Crippen molar-refractivity contribution in [2.24, 2.45) is 0 Å². The van der Waals surface area contributed by atoms with Crippen LogP contribution in [-0.2, 0) is 0 Å². The minimum atomic E-state index is 0.265. The first-order valence-corrected chi connectivity index (χ1v) is 6.81. The SMILES string of the molecule is Oc1cccc(SSc2cccc(O)c2)c1. The van der Waals surface area contributed by atoms with Crippen molar-refractivity contribution in [1.29, 1.82) is 0 Å². The molecular weight excluding hydrogens is 240 g/mol. The van der Waals surface area contributed by atoms with E-state index in [1.54, 1.807) is 58.0 Å². The quantitative estimate of drug-likeness (QED) is 0.811. The first-order valence-electron chi connectivity index (χ1n) is 4.66. The van der Waals surface area contributed by atoms with Gasteiger partial charge in [0, 0.05) is 9.79 Å². The first-order chi connectivity index (χ1) is 7.74. The molecule has 2 rings (SSSR count). The Balaban J connectivity index is 2.02. The number of aromatic hydroxyl groups is 2. The molecule has 0 saturated heterocycles. The average Bonchev–Trinajstić information content (AvgIpc) is 2.27. The summed E-state index contributed by atoms with van der Waals surface area (Å²) in [6.07, 6.45) is 0. The Labute approximate surface area is 102 Å². The fourth-order valence-electron chi connectivity index (χ4n) is 1.17. The largest absolute Gasteiger partial charge is 0.508 e. The van der Waals surface area contributed by atoms with E-state index < -0.39 is 0 Å². The van der Waals surface area contributed by atoms with Crippen molar-refractivity contribution in [2.45, 2.75) is 9.79 Å². The zero-order chi connectivity index (χ0) is 11.4. The summed E-state index contributed by atoms with van der Waals surface area (Å²) in [7, 11) is 3.08. The Bertz CT molecular complexity index is 440. The van der Waals surface area contributed by atoms with Gasteiger partial charge in [-0.05, 0) is 36.4 Å². The third-order valence-corrected chi connectivity index (χ3v) is 4.25. The number of hydrogen-bond acceptors (Lipinski definition) is 4. The van der Waals surface area contributed by atoms with Gasteiger partial charge in [0.15, 0.2) is 0 Å². The molecular formula is C12H10O2S2. The fraction of sp³-hybridized carbons (Fsp3) is 0. The molecule has 0 unspecified atom stereocenters. The molecule has 0 bridgehead atoms. The average molecular weight is 250 g/mol. The lowest BCUT2D eigenvalue weighted by Crippen LogP contribution is -1.70. The highest BCUT2D eigenvalue weighted by Gasteiger charge is 1.99. The van der Waals surface area contributed by atoms with Gasteiger partial charge in [0.05, 0.1) is 0 Å². The zero-order valence-corrected chi connectivity index (χ0v) is 9.96. The van der Waals surface area contributed by atoms with E-state index in [1.807, 2.05) is 12.1 Å². The molecule has 2 aromatic rings. The summed E-state index contributed by atoms with van der Waals surface area (Å²) in [6.45, 7) is 0. The summed E-state index contributed by atoms with van der Waals surface area (Å²) >= 11 is 0. The van der Waals surface area contributed by atoms with Crippen LogP contribution in [0.5, 0.6) is 11.5 Å². The molecule has 0 aliphatic carbocycles. The zero-order valence-electron chi connectivity index (χ0n) is 8.33. The van der Waals surface area contributed by atoms with Gasteiger partial charge in [-0.2, -0.15) is 0 Å². The van der Waals surface area contributed by atoms with Gasteiger partial charge < -0.3 is 10.2 Å². The van der Waals surface area contributed by atoms with E-state index in [-0.39, 0.29) is 11.5 Å². The van der Waals surface area contributed by atoms with Crippen LogP contribution < -0.4 is 0 Å². The van der Waals surface area contributed by atoms with Gasteiger partial charge in [-0.1, -0.05) is 33.7 Å². The predicted molar refractivity (Wildman–Crippen MR) is 67.9 cm³/mol. The standard InChI is InChI=1S/C12H10O2S2/c13-9-3-1-5-11(7-9)15-16-12-6-2-4-10(14)8-12/h1-8,13-14H. The van der Waals surface area contributed by atoms with Crippen LogP contribution >= 0.6 is 21.6 Å². The number of benzene rings is 2. The maximum Gasteiger partial charge on any atom is 0.116 e.